The molecule has 7 heteroatoms. The standard InChI is InChI=1S/C21H16BrN5S/c1-13-10-14(12-23)5-6-16(13)15-7-8-24-18(11-15)27(2)21-19(22)20(25-26-21)17-4-3-9-28-17/h3-11H,1-2H3,(H,25,26). The predicted molar refractivity (Wildman–Crippen MR) is 117 cm³/mol. The first-order valence-corrected chi connectivity index (χ1v) is 10.2. The van der Waals surface area contributed by atoms with Crippen LogP contribution in [0.2, 0.25) is 0 Å². The van der Waals surface area contributed by atoms with E-state index in [1.807, 2.05) is 60.6 Å². The molecule has 0 spiro atoms. The molecule has 0 fully saturated rings. The van der Waals surface area contributed by atoms with Gasteiger partial charge >= 0.3 is 0 Å². The van der Waals surface area contributed by atoms with Gasteiger partial charge in [-0.1, -0.05) is 12.1 Å². The summed E-state index contributed by atoms with van der Waals surface area (Å²) in [5.74, 6) is 1.55. The number of thiophene rings is 1. The molecule has 4 aromatic rings. The van der Waals surface area contributed by atoms with E-state index in [-0.39, 0.29) is 0 Å². The summed E-state index contributed by atoms with van der Waals surface area (Å²) in [6.07, 6.45) is 1.79. The molecule has 1 aromatic carbocycles. The molecular formula is C21H16BrN5S. The van der Waals surface area contributed by atoms with Gasteiger partial charge in [-0.3, -0.25) is 5.10 Å². The van der Waals surface area contributed by atoms with E-state index in [9.17, 15) is 0 Å². The van der Waals surface area contributed by atoms with Crippen LogP contribution in [0.1, 0.15) is 11.1 Å². The van der Waals surface area contributed by atoms with Gasteiger partial charge in [-0.15, -0.1) is 11.3 Å². The molecule has 0 aliphatic carbocycles. The van der Waals surface area contributed by atoms with Gasteiger partial charge in [0.15, 0.2) is 5.82 Å². The van der Waals surface area contributed by atoms with Crippen LogP contribution in [0.5, 0.6) is 0 Å². The van der Waals surface area contributed by atoms with Crippen molar-refractivity contribution in [3.8, 4) is 27.8 Å². The zero-order valence-corrected chi connectivity index (χ0v) is 17.7. The second-order valence-corrected chi connectivity index (χ2v) is 8.06. The summed E-state index contributed by atoms with van der Waals surface area (Å²) in [4.78, 5) is 7.58. The lowest BCUT2D eigenvalue weighted by atomic mass is 9.99. The van der Waals surface area contributed by atoms with Crippen LogP contribution < -0.4 is 4.90 Å². The van der Waals surface area contributed by atoms with Crippen molar-refractivity contribution in [1.82, 2.24) is 15.2 Å². The van der Waals surface area contributed by atoms with Crippen LogP contribution in [0.15, 0.2) is 58.5 Å². The fourth-order valence-corrected chi connectivity index (χ4v) is 4.57. The summed E-state index contributed by atoms with van der Waals surface area (Å²) in [5.41, 5.74) is 4.80. The van der Waals surface area contributed by atoms with E-state index in [0.29, 0.717) is 5.56 Å². The Morgan fingerprint density at radius 3 is 2.79 bits per heavy atom. The Labute approximate surface area is 175 Å². The molecule has 3 aromatic heterocycles. The molecule has 0 aliphatic rings. The van der Waals surface area contributed by atoms with Crippen LogP contribution in [0.3, 0.4) is 0 Å². The summed E-state index contributed by atoms with van der Waals surface area (Å²) < 4.78 is 0.902. The number of benzene rings is 1. The van der Waals surface area contributed by atoms with Crippen LogP contribution >= 0.6 is 27.3 Å². The number of nitrogens with one attached hydrogen (secondary N) is 1. The maximum Gasteiger partial charge on any atom is 0.170 e. The second-order valence-electron chi connectivity index (χ2n) is 6.32. The molecule has 0 radical (unpaired) electrons. The smallest absolute Gasteiger partial charge is 0.170 e. The van der Waals surface area contributed by atoms with E-state index < -0.39 is 0 Å². The average Bonchev–Trinajstić information content (AvgIpc) is 3.37. The van der Waals surface area contributed by atoms with E-state index in [1.165, 1.54) is 0 Å². The van der Waals surface area contributed by atoms with Gasteiger partial charge in [-0.2, -0.15) is 10.4 Å². The first-order chi connectivity index (χ1) is 13.6. The summed E-state index contributed by atoms with van der Waals surface area (Å²) in [6, 6.07) is 16.0. The van der Waals surface area contributed by atoms with Crippen LogP contribution in [-0.2, 0) is 0 Å². The molecule has 3 heterocycles. The number of hydrogen-bond acceptors (Lipinski definition) is 5. The Hall–Kier alpha value is -2.95. The van der Waals surface area contributed by atoms with Crippen LogP contribution in [-0.4, -0.2) is 22.2 Å². The number of halogens is 1. The minimum absolute atomic E-state index is 0.661. The normalized spacial score (nSPS) is 10.6. The molecule has 138 valence electrons. The lowest BCUT2D eigenvalue weighted by Gasteiger charge is -2.17. The minimum atomic E-state index is 0.661. The molecule has 0 unspecified atom stereocenters. The van der Waals surface area contributed by atoms with E-state index in [4.69, 9.17) is 5.26 Å². The number of hydrogen-bond donors (Lipinski definition) is 1. The van der Waals surface area contributed by atoms with E-state index in [2.05, 4.69) is 43.2 Å². The van der Waals surface area contributed by atoms with E-state index >= 15 is 0 Å². The maximum atomic E-state index is 9.08. The molecular weight excluding hydrogens is 434 g/mol. The van der Waals surface area contributed by atoms with Gasteiger partial charge in [-0.05, 0) is 75.3 Å². The zero-order valence-electron chi connectivity index (χ0n) is 15.3. The largest absolute Gasteiger partial charge is 0.312 e. The number of H-pyrrole nitrogens is 1. The zero-order chi connectivity index (χ0) is 19.7. The number of nitriles is 1. The third kappa shape index (κ3) is 3.33. The number of anilines is 2. The van der Waals surface area contributed by atoms with Crippen molar-refractivity contribution in [2.24, 2.45) is 0 Å². The van der Waals surface area contributed by atoms with Gasteiger partial charge in [-0.25, -0.2) is 4.98 Å². The van der Waals surface area contributed by atoms with E-state index in [1.54, 1.807) is 17.5 Å². The lowest BCUT2D eigenvalue weighted by molar-refractivity contribution is 1.02. The Morgan fingerprint density at radius 2 is 2.07 bits per heavy atom. The van der Waals surface area contributed by atoms with Crippen molar-refractivity contribution in [2.75, 3.05) is 11.9 Å². The first-order valence-electron chi connectivity index (χ1n) is 8.57. The highest BCUT2D eigenvalue weighted by Gasteiger charge is 2.18. The van der Waals surface area contributed by atoms with Gasteiger partial charge in [0, 0.05) is 13.2 Å². The van der Waals surface area contributed by atoms with Crippen molar-refractivity contribution >= 4 is 38.9 Å². The first kappa shape index (κ1) is 18.4. The number of aromatic amines is 1. The number of rotatable bonds is 4. The fraction of sp³-hybridized carbons (Fsp3) is 0.0952. The summed E-state index contributed by atoms with van der Waals surface area (Å²) in [6.45, 7) is 2.01. The van der Waals surface area contributed by atoms with Crippen LogP contribution in [0.4, 0.5) is 11.6 Å². The number of pyridine rings is 1. The van der Waals surface area contributed by atoms with Crippen molar-refractivity contribution < 1.29 is 0 Å². The molecule has 5 nitrogen and oxygen atoms in total. The van der Waals surface area contributed by atoms with Gasteiger partial charge in [0.2, 0.25) is 0 Å². The van der Waals surface area contributed by atoms with Gasteiger partial charge in [0.1, 0.15) is 5.82 Å². The summed E-state index contributed by atoms with van der Waals surface area (Å²) >= 11 is 5.33. The van der Waals surface area contributed by atoms with Crippen molar-refractivity contribution in [1.29, 1.82) is 5.26 Å². The monoisotopic (exact) mass is 449 g/mol. The molecule has 0 saturated heterocycles. The minimum Gasteiger partial charge on any atom is -0.312 e. The quantitative estimate of drug-likeness (QED) is 0.420. The Balaban J connectivity index is 1.70. The molecule has 1 N–H and O–H groups in total. The Bertz CT molecular complexity index is 1170. The van der Waals surface area contributed by atoms with Crippen molar-refractivity contribution in [2.45, 2.75) is 6.92 Å². The van der Waals surface area contributed by atoms with Crippen molar-refractivity contribution in [3.63, 3.8) is 0 Å². The van der Waals surface area contributed by atoms with Crippen LogP contribution in [0.25, 0.3) is 21.7 Å². The molecule has 0 bridgehead atoms. The summed E-state index contributed by atoms with van der Waals surface area (Å²) in [5, 5.41) is 18.7. The lowest BCUT2D eigenvalue weighted by Crippen LogP contribution is -2.12. The highest BCUT2D eigenvalue weighted by molar-refractivity contribution is 9.10. The molecule has 4 rings (SSSR count). The van der Waals surface area contributed by atoms with Crippen molar-refractivity contribution in [3.05, 3.63) is 69.6 Å². The number of aromatic nitrogens is 3. The van der Waals surface area contributed by atoms with Gasteiger partial charge in [0.25, 0.3) is 0 Å². The third-order valence-electron chi connectivity index (χ3n) is 4.53. The Morgan fingerprint density at radius 1 is 1.21 bits per heavy atom. The average molecular weight is 450 g/mol. The molecule has 0 atom stereocenters. The van der Waals surface area contributed by atoms with Gasteiger partial charge in [0.05, 0.1) is 26.7 Å². The van der Waals surface area contributed by atoms with E-state index in [0.717, 1.165) is 43.4 Å². The number of nitrogens with zero attached hydrogens (tertiary/aromatic N) is 4. The highest BCUT2D eigenvalue weighted by atomic mass is 79.9. The fourth-order valence-electron chi connectivity index (χ4n) is 3.06. The maximum absolute atomic E-state index is 9.08. The molecule has 0 amide bonds. The Kier molecular flexibility index (Phi) is 4.99. The SMILES string of the molecule is Cc1cc(C#N)ccc1-c1ccnc(N(C)c2n[nH]c(-c3cccs3)c2Br)c1. The number of aryl methyl sites for hydroxylation is 1. The highest BCUT2D eigenvalue weighted by Crippen LogP contribution is 2.38. The topological polar surface area (TPSA) is 68.6 Å². The molecule has 0 saturated carbocycles. The van der Waals surface area contributed by atoms with Gasteiger partial charge < -0.3 is 4.90 Å². The summed E-state index contributed by atoms with van der Waals surface area (Å²) in [7, 11) is 1.94. The predicted octanol–water partition coefficient (Wildman–Crippen LogP) is 5.91. The molecule has 0 aliphatic heterocycles. The second kappa shape index (κ2) is 7.58. The molecule has 28 heavy (non-hydrogen) atoms. The van der Waals surface area contributed by atoms with Crippen LogP contribution in [0, 0.1) is 18.3 Å². The third-order valence-corrected chi connectivity index (χ3v) is 6.17.